The smallest absolute Gasteiger partial charge is 0.252 e. The van der Waals surface area contributed by atoms with Crippen LogP contribution < -0.4 is 10.2 Å². The summed E-state index contributed by atoms with van der Waals surface area (Å²) in [4.78, 5) is 32.7. The van der Waals surface area contributed by atoms with Gasteiger partial charge < -0.3 is 25.2 Å². The quantitative estimate of drug-likeness (QED) is 0.242. The van der Waals surface area contributed by atoms with Gasteiger partial charge in [0.2, 0.25) is 5.91 Å². The number of para-hydroxylation sites is 1. The standard InChI is InChI=1S/C34H31FN4O3/c1-22(40)38-15-17-39(18-16-38)28-12-9-23(10-13-28)24-6-4-7-26(19-24)34(42)37-33(29-21-27(35)11-14-32(29)41)31-20-25-5-2-3-8-30(25)36-31/h2-14,19-21,33,36,41H,15-18H2,1H3,(H,37,42). The van der Waals surface area contributed by atoms with E-state index in [1.165, 1.54) is 18.2 Å². The molecule has 2 amide bonds. The minimum atomic E-state index is -0.813. The van der Waals surface area contributed by atoms with E-state index in [4.69, 9.17) is 0 Å². The van der Waals surface area contributed by atoms with Gasteiger partial charge in [0.05, 0.1) is 6.04 Å². The molecule has 8 heteroatoms. The second-order valence-electron chi connectivity index (χ2n) is 10.5. The minimum absolute atomic E-state index is 0.106. The zero-order valence-electron chi connectivity index (χ0n) is 23.2. The number of carbonyl (C=O) groups is 2. The molecule has 42 heavy (non-hydrogen) atoms. The van der Waals surface area contributed by atoms with Crippen molar-refractivity contribution in [3.63, 3.8) is 0 Å². The van der Waals surface area contributed by atoms with Crippen LogP contribution in [0.1, 0.15) is 34.6 Å². The van der Waals surface area contributed by atoms with Gasteiger partial charge in [-0.15, -0.1) is 0 Å². The highest BCUT2D eigenvalue weighted by molar-refractivity contribution is 5.96. The van der Waals surface area contributed by atoms with Crippen molar-refractivity contribution in [2.75, 3.05) is 31.1 Å². The van der Waals surface area contributed by atoms with Crippen molar-refractivity contribution < 1.29 is 19.1 Å². The molecule has 6 rings (SSSR count). The van der Waals surface area contributed by atoms with Crippen molar-refractivity contribution in [1.29, 1.82) is 0 Å². The third-order valence-corrected chi connectivity index (χ3v) is 7.85. The van der Waals surface area contributed by atoms with E-state index in [0.717, 1.165) is 40.8 Å². The molecule has 212 valence electrons. The molecule has 1 unspecified atom stereocenters. The highest BCUT2D eigenvalue weighted by Crippen LogP contribution is 2.32. The molecule has 7 nitrogen and oxygen atoms in total. The van der Waals surface area contributed by atoms with E-state index in [9.17, 15) is 19.1 Å². The van der Waals surface area contributed by atoms with Crippen LogP contribution in [0.25, 0.3) is 22.0 Å². The van der Waals surface area contributed by atoms with Crippen LogP contribution in [0.4, 0.5) is 10.1 Å². The summed E-state index contributed by atoms with van der Waals surface area (Å²) in [5.74, 6) is -0.875. The lowest BCUT2D eigenvalue weighted by Gasteiger charge is -2.35. The summed E-state index contributed by atoms with van der Waals surface area (Å²) in [5.41, 5.74) is 5.12. The van der Waals surface area contributed by atoms with Crippen molar-refractivity contribution in [2.45, 2.75) is 13.0 Å². The van der Waals surface area contributed by atoms with Crippen molar-refractivity contribution in [1.82, 2.24) is 15.2 Å². The summed E-state index contributed by atoms with van der Waals surface area (Å²) < 4.78 is 14.3. The summed E-state index contributed by atoms with van der Waals surface area (Å²) in [6.45, 7) is 4.59. The van der Waals surface area contributed by atoms with Gasteiger partial charge in [-0.2, -0.15) is 0 Å². The van der Waals surface area contributed by atoms with Crippen LogP contribution in [0, 0.1) is 5.82 Å². The van der Waals surface area contributed by atoms with Gasteiger partial charge in [-0.3, -0.25) is 9.59 Å². The van der Waals surface area contributed by atoms with Crippen LogP contribution in [-0.4, -0.2) is 53.0 Å². The highest BCUT2D eigenvalue weighted by atomic mass is 19.1. The number of piperazine rings is 1. The number of nitrogens with one attached hydrogen (secondary N) is 2. The number of halogens is 1. The van der Waals surface area contributed by atoms with E-state index < -0.39 is 11.9 Å². The first-order chi connectivity index (χ1) is 20.4. The molecule has 4 aromatic carbocycles. The number of phenolic OH excluding ortho intramolecular Hbond substituents is 1. The lowest BCUT2D eigenvalue weighted by atomic mass is 10.00. The molecule has 0 saturated carbocycles. The van der Waals surface area contributed by atoms with E-state index in [1.54, 1.807) is 13.0 Å². The molecule has 1 saturated heterocycles. The van der Waals surface area contributed by atoms with Crippen LogP contribution in [0.15, 0.2) is 97.1 Å². The fourth-order valence-corrected chi connectivity index (χ4v) is 5.53. The molecule has 3 N–H and O–H groups in total. The molecule has 0 bridgehead atoms. The average Bonchev–Trinajstić information content (AvgIpc) is 3.45. The Hall–Kier alpha value is -5.11. The first-order valence-electron chi connectivity index (χ1n) is 13.9. The Labute approximate surface area is 243 Å². The second-order valence-corrected chi connectivity index (χ2v) is 10.5. The highest BCUT2D eigenvalue weighted by Gasteiger charge is 2.24. The first-order valence-corrected chi connectivity index (χ1v) is 13.9. The van der Waals surface area contributed by atoms with Crippen LogP contribution in [0.3, 0.4) is 0 Å². The van der Waals surface area contributed by atoms with E-state index in [2.05, 4.69) is 27.3 Å². The third kappa shape index (κ3) is 5.56. The molecule has 1 aromatic heterocycles. The number of rotatable bonds is 6. The Kier molecular flexibility index (Phi) is 7.35. The predicted octanol–water partition coefficient (Wildman–Crippen LogP) is 5.87. The summed E-state index contributed by atoms with van der Waals surface area (Å²) in [5, 5.41) is 14.6. The maximum Gasteiger partial charge on any atom is 0.252 e. The topological polar surface area (TPSA) is 88.7 Å². The minimum Gasteiger partial charge on any atom is -0.508 e. The number of fused-ring (bicyclic) bond motifs is 1. The lowest BCUT2D eigenvalue weighted by molar-refractivity contribution is -0.129. The fourth-order valence-electron chi connectivity index (χ4n) is 5.53. The Balaban J connectivity index is 1.24. The molecule has 0 spiro atoms. The number of benzene rings is 4. The van der Waals surface area contributed by atoms with Crippen molar-refractivity contribution in [3.05, 3.63) is 120 Å². The molecule has 0 radical (unpaired) electrons. The predicted molar refractivity (Wildman–Crippen MR) is 162 cm³/mol. The molecular weight excluding hydrogens is 531 g/mol. The van der Waals surface area contributed by atoms with Gasteiger partial charge in [0.25, 0.3) is 5.91 Å². The van der Waals surface area contributed by atoms with E-state index in [1.807, 2.05) is 65.6 Å². The lowest BCUT2D eigenvalue weighted by Crippen LogP contribution is -2.48. The summed E-state index contributed by atoms with van der Waals surface area (Å²) in [6.07, 6.45) is 0. The number of H-pyrrole nitrogens is 1. The van der Waals surface area contributed by atoms with Crippen molar-refractivity contribution in [2.24, 2.45) is 0 Å². The van der Waals surface area contributed by atoms with Crippen LogP contribution >= 0.6 is 0 Å². The van der Waals surface area contributed by atoms with Gasteiger partial charge in [0.15, 0.2) is 0 Å². The number of carbonyl (C=O) groups excluding carboxylic acids is 2. The summed E-state index contributed by atoms with van der Waals surface area (Å²) in [7, 11) is 0. The summed E-state index contributed by atoms with van der Waals surface area (Å²) in [6, 6.07) is 28.0. The van der Waals surface area contributed by atoms with Gasteiger partial charge in [0.1, 0.15) is 11.6 Å². The average molecular weight is 563 g/mol. The molecule has 1 atom stereocenters. The normalized spacial score (nSPS) is 14.1. The number of phenols is 1. The maximum absolute atomic E-state index is 14.3. The molecular formula is C34H31FN4O3. The molecule has 5 aromatic rings. The van der Waals surface area contributed by atoms with Crippen molar-refractivity contribution in [3.8, 4) is 16.9 Å². The molecule has 1 fully saturated rings. The van der Waals surface area contributed by atoms with Gasteiger partial charge >= 0.3 is 0 Å². The Morgan fingerprint density at radius 2 is 1.62 bits per heavy atom. The molecule has 1 aliphatic rings. The fraction of sp³-hybridized carbons (Fsp3) is 0.176. The number of amides is 2. The third-order valence-electron chi connectivity index (χ3n) is 7.85. The zero-order chi connectivity index (χ0) is 29.2. The Bertz CT molecular complexity index is 1720. The number of aromatic amines is 1. The number of anilines is 1. The molecule has 0 aliphatic carbocycles. The SMILES string of the molecule is CC(=O)N1CCN(c2ccc(-c3cccc(C(=O)NC(c4cc5ccccc5[nH]4)c4cc(F)ccc4O)c3)cc2)CC1. The Morgan fingerprint density at radius 1 is 0.857 bits per heavy atom. The maximum atomic E-state index is 14.3. The van der Waals surface area contributed by atoms with E-state index in [0.29, 0.717) is 24.3 Å². The largest absolute Gasteiger partial charge is 0.508 e. The second kappa shape index (κ2) is 11.4. The Morgan fingerprint density at radius 3 is 2.36 bits per heavy atom. The van der Waals surface area contributed by atoms with E-state index in [-0.39, 0.29) is 23.1 Å². The van der Waals surface area contributed by atoms with Crippen LogP contribution in [0.2, 0.25) is 0 Å². The molecule has 1 aliphatic heterocycles. The van der Waals surface area contributed by atoms with E-state index >= 15 is 0 Å². The van der Waals surface area contributed by atoms with Crippen molar-refractivity contribution >= 4 is 28.4 Å². The van der Waals surface area contributed by atoms with Gasteiger partial charge in [0, 0.05) is 61.1 Å². The van der Waals surface area contributed by atoms with Gasteiger partial charge in [-0.05, 0) is 71.1 Å². The zero-order valence-corrected chi connectivity index (χ0v) is 23.2. The number of hydrogen-bond acceptors (Lipinski definition) is 4. The monoisotopic (exact) mass is 562 g/mol. The van der Waals surface area contributed by atoms with Crippen LogP contribution in [0.5, 0.6) is 5.75 Å². The number of nitrogens with zero attached hydrogens (tertiary/aromatic N) is 2. The van der Waals surface area contributed by atoms with Gasteiger partial charge in [-0.25, -0.2) is 4.39 Å². The van der Waals surface area contributed by atoms with Crippen LogP contribution in [-0.2, 0) is 4.79 Å². The number of aromatic hydroxyl groups is 1. The molecule has 2 heterocycles. The number of hydrogen-bond donors (Lipinski definition) is 3. The summed E-state index contributed by atoms with van der Waals surface area (Å²) >= 11 is 0. The van der Waals surface area contributed by atoms with Gasteiger partial charge in [-0.1, -0.05) is 42.5 Å². The first kappa shape index (κ1) is 27.1. The number of aromatic nitrogens is 1.